The third kappa shape index (κ3) is 2.60. The van der Waals surface area contributed by atoms with Gasteiger partial charge in [0.1, 0.15) is 5.75 Å². The molecule has 1 aromatic carbocycles. The van der Waals surface area contributed by atoms with Crippen molar-refractivity contribution in [3.8, 4) is 5.75 Å². The number of carbonyl (C=O) groups is 1. The standard InChI is InChI=1S/C14H18O3/c1-2-12(14(15)16)17-13-9-5-7-10-6-3-4-8-11(10)13/h5,7,9,12H,2-4,6,8H2,1H3,(H,15,16)/t12-/m0/s1. The summed E-state index contributed by atoms with van der Waals surface area (Å²) in [6.45, 7) is 1.83. The number of carboxylic acids is 1. The molecule has 0 aliphatic heterocycles. The number of aryl methyl sites for hydroxylation is 1. The van der Waals surface area contributed by atoms with Gasteiger partial charge in [-0.15, -0.1) is 0 Å². The number of rotatable bonds is 4. The van der Waals surface area contributed by atoms with Crippen LogP contribution < -0.4 is 4.74 Å². The summed E-state index contributed by atoms with van der Waals surface area (Å²) in [5, 5.41) is 9.01. The number of ether oxygens (including phenoxy) is 1. The van der Waals surface area contributed by atoms with Crippen LogP contribution in [0, 0.1) is 0 Å². The van der Waals surface area contributed by atoms with Gasteiger partial charge < -0.3 is 9.84 Å². The van der Waals surface area contributed by atoms with E-state index in [1.165, 1.54) is 17.5 Å². The highest BCUT2D eigenvalue weighted by Crippen LogP contribution is 2.30. The molecule has 2 rings (SSSR count). The maximum absolute atomic E-state index is 11.0. The van der Waals surface area contributed by atoms with Crippen molar-refractivity contribution in [2.24, 2.45) is 0 Å². The number of aliphatic carboxylic acids is 1. The second kappa shape index (κ2) is 5.21. The van der Waals surface area contributed by atoms with Crippen LogP contribution in [0.2, 0.25) is 0 Å². The smallest absolute Gasteiger partial charge is 0.344 e. The van der Waals surface area contributed by atoms with Gasteiger partial charge in [-0.1, -0.05) is 19.1 Å². The third-order valence-electron chi connectivity index (χ3n) is 3.27. The first-order chi connectivity index (χ1) is 8.22. The summed E-state index contributed by atoms with van der Waals surface area (Å²) in [6.07, 6.45) is 4.21. The molecule has 92 valence electrons. The molecule has 0 saturated heterocycles. The van der Waals surface area contributed by atoms with Crippen molar-refractivity contribution in [2.75, 3.05) is 0 Å². The van der Waals surface area contributed by atoms with E-state index < -0.39 is 12.1 Å². The van der Waals surface area contributed by atoms with Crippen molar-refractivity contribution >= 4 is 5.97 Å². The van der Waals surface area contributed by atoms with E-state index in [4.69, 9.17) is 9.84 Å². The van der Waals surface area contributed by atoms with Crippen LogP contribution in [0.15, 0.2) is 18.2 Å². The number of hydrogen-bond acceptors (Lipinski definition) is 2. The molecule has 1 aliphatic rings. The molecule has 0 saturated carbocycles. The molecule has 1 N–H and O–H groups in total. The van der Waals surface area contributed by atoms with Crippen molar-refractivity contribution in [1.29, 1.82) is 0 Å². The van der Waals surface area contributed by atoms with Crippen molar-refractivity contribution in [3.63, 3.8) is 0 Å². The first-order valence-corrected chi connectivity index (χ1v) is 6.22. The average Bonchev–Trinajstić information content (AvgIpc) is 2.35. The zero-order chi connectivity index (χ0) is 12.3. The van der Waals surface area contributed by atoms with Gasteiger partial charge in [-0.05, 0) is 49.3 Å². The Labute approximate surface area is 101 Å². The van der Waals surface area contributed by atoms with E-state index in [9.17, 15) is 4.79 Å². The monoisotopic (exact) mass is 234 g/mol. The van der Waals surface area contributed by atoms with E-state index in [1.807, 2.05) is 19.1 Å². The first kappa shape index (κ1) is 12.0. The molecule has 0 spiro atoms. The topological polar surface area (TPSA) is 46.5 Å². The predicted octanol–water partition coefficient (Wildman–Crippen LogP) is 2.81. The minimum atomic E-state index is -0.888. The van der Waals surface area contributed by atoms with Crippen molar-refractivity contribution in [1.82, 2.24) is 0 Å². The van der Waals surface area contributed by atoms with Gasteiger partial charge in [0.25, 0.3) is 0 Å². The fourth-order valence-corrected chi connectivity index (χ4v) is 2.32. The van der Waals surface area contributed by atoms with Gasteiger partial charge in [0.05, 0.1) is 0 Å². The Morgan fingerprint density at radius 3 is 2.88 bits per heavy atom. The summed E-state index contributed by atoms with van der Waals surface area (Å²) in [5.41, 5.74) is 2.52. The van der Waals surface area contributed by atoms with E-state index in [0.29, 0.717) is 6.42 Å². The highest BCUT2D eigenvalue weighted by atomic mass is 16.5. The number of carboxylic acid groups (broad SMARTS) is 1. The molecular weight excluding hydrogens is 216 g/mol. The normalized spacial score (nSPS) is 16.1. The van der Waals surface area contributed by atoms with Gasteiger partial charge in [0.2, 0.25) is 0 Å². The molecule has 0 aromatic heterocycles. The molecule has 17 heavy (non-hydrogen) atoms. The van der Waals surface area contributed by atoms with E-state index in [-0.39, 0.29) is 0 Å². The van der Waals surface area contributed by atoms with Gasteiger partial charge in [-0.2, -0.15) is 0 Å². The lowest BCUT2D eigenvalue weighted by molar-refractivity contribution is -0.145. The molecule has 3 nitrogen and oxygen atoms in total. The Kier molecular flexibility index (Phi) is 3.67. The summed E-state index contributed by atoms with van der Waals surface area (Å²) in [6, 6.07) is 5.95. The Hall–Kier alpha value is -1.51. The molecule has 3 heteroatoms. The molecule has 0 unspecified atom stereocenters. The molecule has 0 fully saturated rings. The van der Waals surface area contributed by atoms with Crippen molar-refractivity contribution in [3.05, 3.63) is 29.3 Å². The first-order valence-electron chi connectivity index (χ1n) is 6.22. The van der Waals surface area contributed by atoms with Crippen molar-refractivity contribution < 1.29 is 14.6 Å². The predicted molar refractivity (Wildman–Crippen MR) is 65.4 cm³/mol. The Morgan fingerprint density at radius 2 is 2.18 bits per heavy atom. The third-order valence-corrected chi connectivity index (χ3v) is 3.27. The second-order valence-electron chi connectivity index (χ2n) is 4.45. The van der Waals surface area contributed by atoms with Crippen LogP contribution >= 0.6 is 0 Å². The molecule has 1 aromatic rings. The number of hydrogen-bond donors (Lipinski definition) is 1. The zero-order valence-electron chi connectivity index (χ0n) is 10.1. The van der Waals surface area contributed by atoms with Crippen LogP contribution in [0.1, 0.15) is 37.3 Å². The van der Waals surface area contributed by atoms with Crippen LogP contribution in [-0.2, 0) is 17.6 Å². The highest BCUT2D eigenvalue weighted by molar-refractivity contribution is 5.72. The molecule has 0 heterocycles. The molecule has 1 atom stereocenters. The van der Waals surface area contributed by atoms with E-state index in [2.05, 4.69) is 6.07 Å². The highest BCUT2D eigenvalue weighted by Gasteiger charge is 2.20. The molecule has 1 aliphatic carbocycles. The van der Waals surface area contributed by atoms with Crippen LogP contribution in [0.5, 0.6) is 5.75 Å². The minimum Gasteiger partial charge on any atom is -0.479 e. The summed E-state index contributed by atoms with van der Waals surface area (Å²) >= 11 is 0. The lowest BCUT2D eigenvalue weighted by Gasteiger charge is -2.21. The summed E-state index contributed by atoms with van der Waals surface area (Å²) < 4.78 is 5.62. The number of fused-ring (bicyclic) bond motifs is 1. The average molecular weight is 234 g/mol. The maximum atomic E-state index is 11.0. The van der Waals surface area contributed by atoms with E-state index in [1.54, 1.807) is 0 Å². The van der Waals surface area contributed by atoms with Gasteiger partial charge >= 0.3 is 5.97 Å². The largest absolute Gasteiger partial charge is 0.479 e. The quantitative estimate of drug-likeness (QED) is 0.871. The molecular formula is C14H18O3. The van der Waals surface area contributed by atoms with Crippen molar-refractivity contribution in [2.45, 2.75) is 45.1 Å². The molecule has 0 bridgehead atoms. The fourth-order valence-electron chi connectivity index (χ4n) is 2.32. The van der Waals surface area contributed by atoms with E-state index >= 15 is 0 Å². The SMILES string of the molecule is CC[C@H](Oc1cccc2c1CCCC2)C(=O)O. The molecule has 0 amide bonds. The maximum Gasteiger partial charge on any atom is 0.344 e. The second-order valence-corrected chi connectivity index (χ2v) is 4.45. The van der Waals surface area contributed by atoms with Gasteiger partial charge in [-0.3, -0.25) is 0 Å². The van der Waals surface area contributed by atoms with Gasteiger partial charge in [-0.25, -0.2) is 4.79 Å². The summed E-state index contributed by atoms with van der Waals surface area (Å²) in [5.74, 6) is -0.127. The van der Waals surface area contributed by atoms with Gasteiger partial charge in [0.15, 0.2) is 6.10 Å². The van der Waals surface area contributed by atoms with Crippen LogP contribution in [0.3, 0.4) is 0 Å². The Balaban J connectivity index is 2.23. The Bertz CT molecular complexity index is 412. The fraction of sp³-hybridized carbons (Fsp3) is 0.500. The van der Waals surface area contributed by atoms with E-state index in [0.717, 1.165) is 25.0 Å². The van der Waals surface area contributed by atoms with Crippen LogP contribution in [0.4, 0.5) is 0 Å². The zero-order valence-corrected chi connectivity index (χ0v) is 10.1. The molecule has 0 radical (unpaired) electrons. The lowest BCUT2D eigenvalue weighted by atomic mass is 9.91. The Morgan fingerprint density at radius 1 is 1.41 bits per heavy atom. The minimum absolute atomic E-state index is 0.485. The van der Waals surface area contributed by atoms with Crippen LogP contribution in [-0.4, -0.2) is 17.2 Å². The van der Waals surface area contributed by atoms with Crippen LogP contribution in [0.25, 0.3) is 0 Å². The lowest BCUT2D eigenvalue weighted by Crippen LogP contribution is -2.26. The summed E-state index contributed by atoms with van der Waals surface area (Å²) in [4.78, 5) is 11.0. The summed E-state index contributed by atoms with van der Waals surface area (Å²) in [7, 11) is 0. The number of benzene rings is 1. The van der Waals surface area contributed by atoms with Gasteiger partial charge in [0, 0.05) is 0 Å².